The molecule has 1 unspecified atom stereocenters. The molecule has 0 aliphatic rings. The molecule has 0 aliphatic heterocycles. The van der Waals surface area contributed by atoms with Crippen LogP contribution in [-0.2, 0) is 4.79 Å². The molecule has 0 bridgehead atoms. The molecule has 88 valence electrons. The number of carboxylic acid groups (broad SMARTS) is 1. The fourth-order valence-corrected chi connectivity index (χ4v) is 1.74. The molecule has 16 heavy (non-hydrogen) atoms. The maximum Gasteiger partial charge on any atom is 0.303 e. The molecule has 4 heteroatoms. The summed E-state index contributed by atoms with van der Waals surface area (Å²) in [7, 11) is 4.00. The van der Waals surface area contributed by atoms with Gasteiger partial charge in [0.05, 0.1) is 0 Å². The van der Waals surface area contributed by atoms with Crippen LogP contribution in [0.15, 0.2) is 24.5 Å². The molecule has 1 rings (SSSR count). The standard InChI is InChI=1S/C12H18N2O2/c1-14(2)11(6-3-7-12(15)16)10-5-4-8-13-9-10/h4-5,8-9,11H,3,6-7H2,1-2H3,(H,15,16). The molecule has 4 nitrogen and oxygen atoms in total. The molecule has 1 heterocycles. The summed E-state index contributed by atoms with van der Waals surface area (Å²) in [6.45, 7) is 0. The zero-order chi connectivity index (χ0) is 12.0. The summed E-state index contributed by atoms with van der Waals surface area (Å²) in [5.41, 5.74) is 1.14. The molecule has 0 saturated heterocycles. The van der Waals surface area contributed by atoms with Crippen molar-refractivity contribution in [1.82, 2.24) is 9.88 Å². The van der Waals surface area contributed by atoms with Gasteiger partial charge in [-0.15, -0.1) is 0 Å². The Morgan fingerprint density at radius 3 is 2.81 bits per heavy atom. The Hall–Kier alpha value is -1.42. The molecule has 0 aromatic carbocycles. The van der Waals surface area contributed by atoms with Crippen molar-refractivity contribution in [3.8, 4) is 0 Å². The third kappa shape index (κ3) is 3.98. The quantitative estimate of drug-likeness (QED) is 0.799. The molecule has 0 amide bonds. The van der Waals surface area contributed by atoms with Gasteiger partial charge in [0.15, 0.2) is 0 Å². The summed E-state index contributed by atoms with van der Waals surface area (Å²) in [6.07, 6.45) is 5.33. The van der Waals surface area contributed by atoms with Crippen molar-refractivity contribution < 1.29 is 9.90 Å². The van der Waals surface area contributed by atoms with E-state index in [-0.39, 0.29) is 12.5 Å². The third-order valence-corrected chi connectivity index (χ3v) is 2.56. The van der Waals surface area contributed by atoms with Crippen molar-refractivity contribution in [2.45, 2.75) is 25.3 Å². The van der Waals surface area contributed by atoms with E-state index in [1.807, 2.05) is 32.4 Å². The minimum Gasteiger partial charge on any atom is -0.481 e. The Balaban J connectivity index is 2.58. The average Bonchev–Trinajstić information content (AvgIpc) is 2.25. The highest BCUT2D eigenvalue weighted by Crippen LogP contribution is 2.23. The summed E-state index contributed by atoms with van der Waals surface area (Å²) in [4.78, 5) is 16.6. The van der Waals surface area contributed by atoms with Gasteiger partial charge in [-0.2, -0.15) is 0 Å². The lowest BCUT2D eigenvalue weighted by molar-refractivity contribution is -0.137. The molecule has 1 aromatic heterocycles. The molecular formula is C12H18N2O2. The molecule has 1 aromatic rings. The summed E-state index contributed by atoms with van der Waals surface area (Å²) >= 11 is 0. The van der Waals surface area contributed by atoms with Crippen LogP contribution in [0.2, 0.25) is 0 Å². The van der Waals surface area contributed by atoms with E-state index >= 15 is 0 Å². The second kappa shape index (κ2) is 6.23. The lowest BCUT2D eigenvalue weighted by Crippen LogP contribution is -2.20. The Morgan fingerprint density at radius 1 is 1.56 bits per heavy atom. The number of carbonyl (C=O) groups is 1. The van der Waals surface area contributed by atoms with Crippen LogP contribution in [0.5, 0.6) is 0 Å². The maximum absolute atomic E-state index is 10.5. The smallest absolute Gasteiger partial charge is 0.303 e. The average molecular weight is 222 g/mol. The minimum atomic E-state index is -0.733. The number of aliphatic carboxylic acids is 1. The van der Waals surface area contributed by atoms with Gasteiger partial charge in [-0.3, -0.25) is 9.78 Å². The normalized spacial score (nSPS) is 12.7. The highest BCUT2D eigenvalue weighted by atomic mass is 16.4. The van der Waals surface area contributed by atoms with E-state index in [0.717, 1.165) is 12.0 Å². The van der Waals surface area contributed by atoms with Gasteiger partial charge < -0.3 is 10.0 Å². The van der Waals surface area contributed by atoms with Gasteiger partial charge in [0.1, 0.15) is 0 Å². The molecule has 0 spiro atoms. The Labute approximate surface area is 95.9 Å². The Bertz CT molecular complexity index is 325. The largest absolute Gasteiger partial charge is 0.481 e. The van der Waals surface area contributed by atoms with Gasteiger partial charge in [0.2, 0.25) is 0 Å². The van der Waals surface area contributed by atoms with Crippen LogP contribution in [0.1, 0.15) is 30.9 Å². The van der Waals surface area contributed by atoms with Gasteiger partial charge in [-0.05, 0) is 38.6 Å². The third-order valence-electron chi connectivity index (χ3n) is 2.56. The van der Waals surface area contributed by atoms with Gasteiger partial charge >= 0.3 is 5.97 Å². The Kier molecular flexibility index (Phi) is 4.92. The molecule has 0 radical (unpaired) electrons. The first kappa shape index (κ1) is 12.6. The van der Waals surface area contributed by atoms with Crippen molar-refractivity contribution >= 4 is 5.97 Å². The van der Waals surface area contributed by atoms with E-state index in [9.17, 15) is 4.79 Å². The summed E-state index contributed by atoms with van der Waals surface area (Å²) < 4.78 is 0. The number of hydrogen-bond acceptors (Lipinski definition) is 3. The second-order valence-electron chi connectivity index (χ2n) is 4.05. The number of hydrogen-bond donors (Lipinski definition) is 1. The van der Waals surface area contributed by atoms with Gasteiger partial charge in [0.25, 0.3) is 0 Å². The van der Waals surface area contributed by atoms with Crippen molar-refractivity contribution in [1.29, 1.82) is 0 Å². The number of nitrogens with zero attached hydrogens (tertiary/aromatic N) is 2. The minimum absolute atomic E-state index is 0.227. The molecule has 1 atom stereocenters. The van der Waals surface area contributed by atoms with Crippen LogP contribution in [0, 0.1) is 0 Å². The van der Waals surface area contributed by atoms with E-state index in [4.69, 9.17) is 5.11 Å². The summed E-state index contributed by atoms with van der Waals surface area (Å²) in [5, 5.41) is 8.61. The number of rotatable bonds is 6. The van der Waals surface area contributed by atoms with Crippen molar-refractivity contribution in [2.75, 3.05) is 14.1 Å². The predicted molar refractivity (Wildman–Crippen MR) is 62.2 cm³/mol. The summed E-state index contributed by atoms with van der Waals surface area (Å²) in [5.74, 6) is -0.733. The zero-order valence-electron chi connectivity index (χ0n) is 9.76. The van der Waals surface area contributed by atoms with E-state index in [2.05, 4.69) is 9.88 Å². The van der Waals surface area contributed by atoms with Crippen LogP contribution < -0.4 is 0 Å². The first-order chi connectivity index (χ1) is 7.61. The fourth-order valence-electron chi connectivity index (χ4n) is 1.74. The van der Waals surface area contributed by atoms with Gasteiger partial charge in [0, 0.05) is 24.9 Å². The van der Waals surface area contributed by atoms with E-state index in [0.29, 0.717) is 6.42 Å². The van der Waals surface area contributed by atoms with Gasteiger partial charge in [-0.25, -0.2) is 0 Å². The topological polar surface area (TPSA) is 53.4 Å². The number of carboxylic acids is 1. The van der Waals surface area contributed by atoms with E-state index in [1.165, 1.54) is 0 Å². The number of aromatic nitrogens is 1. The summed E-state index contributed by atoms with van der Waals surface area (Å²) in [6, 6.07) is 4.18. The van der Waals surface area contributed by atoms with Crippen LogP contribution in [-0.4, -0.2) is 35.1 Å². The number of pyridine rings is 1. The van der Waals surface area contributed by atoms with Crippen molar-refractivity contribution in [2.24, 2.45) is 0 Å². The molecule has 0 fully saturated rings. The molecule has 0 aliphatic carbocycles. The van der Waals surface area contributed by atoms with Crippen molar-refractivity contribution in [3.05, 3.63) is 30.1 Å². The molecular weight excluding hydrogens is 204 g/mol. The van der Waals surface area contributed by atoms with Gasteiger partial charge in [-0.1, -0.05) is 6.07 Å². The highest BCUT2D eigenvalue weighted by Gasteiger charge is 2.14. The highest BCUT2D eigenvalue weighted by molar-refractivity contribution is 5.66. The van der Waals surface area contributed by atoms with Crippen LogP contribution in [0.25, 0.3) is 0 Å². The zero-order valence-corrected chi connectivity index (χ0v) is 9.76. The van der Waals surface area contributed by atoms with Crippen molar-refractivity contribution in [3.63, 3.8) is 0 Å². The van der Waals surface area contributed by atoms with E-state index < -0.39 is 5.97 Å². The second-order valence-corrected chi connectivity index (χ2v) is 4.05. The predicted octanol–water partition coefficient (Wildman–Crippen LogP) is 1.94. The lowest BCUT2D eigenvalue weighted by Gasteiger charge is -2.24. The molecule has 1 N–H and O–H groups in total. The van der Waals surface area contributed by atoms with Crippen LogP contribution >= 0.6 is 0 Å². The first-order valence-corrected chi connectivity index (χ1v) is 5.39. The maximum atomic E-state index is 10.5. The van der Waals surface area contributed by atoms with Crippen LogP contribution in [0.3, 0.4) is 0 Å². The van der Waals surface area contributed by atoms with E-state index in [1.54, 1.807) is 6.20 Å². The van der Waals surface area contributed by atoms with Crippen LogP contribution in [0.4, 0.5) is 0 Å². The first-order valence-electron chi connectivity index (χ1n) is 5.39. The lowest BCUT2D eigenvalue weighted by atomic mass is 10.0. The molecule has 0 saturated carbocycles. The Morgan fingerprint density at radius 2 is 2.31 bits per heavy atom. The SMILES string of the molecule is CN(C)C(CCCC(=O)O)c1cccnc1. The fraction of sp³-hybridized carbons (Fsp3) is 0.500. The monoisotopic (exact) mass is 222 g/mol.